The molecule has 0 aromatic heterocycles. The molecule has 1 atom stereocenters. The summed E-state index contributed by atoms with van der Waals surface area (Å²) in [4.78, 5) is 0. The van der Waals surface area contributed by atoms with Gasteiger partial charge in [0.05, 0.1) is 24.7 Å². The second-order valence-corrected chi connectivity index (χ2v) is 4.75. The number of methoxy groups -OCH3 is 1. The van der Waals surface area contributed by atoms with Crippen LogP contribution in [-0.2, 0) is 0 Å². The van der Waals surface area contributed by atoms with Crippen molar-refractivity contribution in [1.29, 1.82) is 5.26 Å². The van der Waals surface area contributed by atoms with E-state index in [4.69, 9.17) is 4.74 Å². The molecule has 0 bridgehead atoms. The molecule has 90 valence electrons. The molecule has 1 unspecified atom stereocenters. The van der Waals surface area contributed by atoms with Gasteiger partial charge in [-0.25, -0.2) is 0 Å². The van der Waals surface area contributed by atoms with Crippen LogP contribution in [0, 0.1) is 23.7 Å². The molecule has 1 fully saturated rings. The van der Waals surface area contributed by atoms with E-state index in [1.54, 1.807) is 7.11 Å². The number of nitriles is 1. The Kier molecular flexibility index (Phi) is 3.08. The van der Waals surface area contributed by atoms with E-state index >= 15 is 0 Å². The van der Waals surface area contributed by atoms with E-state index < -0.39 is 11.5 Å². The Morgan fingerprint density at radius 3 is 2.59 bits per heavy atom. The summed E-state index contributed by atoms with van der Waals surface area (Å²) >= 11 is 0. The van der Waals surface area contributed by atoms with Gasteiger partial charge in [0.25, 0.3) is 0 Å². The minimum atomic E-state index is -0.689. The Hall–Kier alpha value is -1.53. The molecule has 1 aromatic rings. The van der Waals surface area contributed by atoms with Crippen molar-refractivity contribution in [2.75, 3.05) is 7.11 Å². The Morgan fingerprint density at radius 2 is 2.18 bits per heavy atom. The third kappa shape index (κ3) is 1.89. The van der Waals surface area contributed by atoms with Gasteiger partial charge in [-0.15, -0.1) is 0 Å². The molecule has 1 saturated carbocycles. The smallest absolute Gasteiger partial charge is 0.121 e. The topological polar surface area (TPSA) is 53.2 Å². The van der Waals surface area contributed by atoms with E-state index in [0.717, 1.165) is 36.1 Å². The lowest BCUT2D eigenvalue weighted by atomic mass is 9.64. The van der Waals surface area contributed by atoms with Crippen molar-refractivity contribution in [2.45, 2.75) is 32.3 Å². The Bertz CT molecular complexity index is 458. The summed E-state index contributed by atoms with van der Waals surface area (Å²) in [5, 5.41) is 19.5. The summed E-state index contributed by atoms with van der Waals surface area (Å²) in [6.07, 6.45) is 1.91. The van der Waals surface area contributed by atoms with Crippen LogP contribution in [-0.4, -0.2) is 12.2 Å². The highest BCUT2D eigenvalue weighted by Crippen LogP contribution is 2.49. The molecule has 0 aliphatic heterocycles. The van der Waals surface area contributed by atoms with Crippen LogP contribution in [0.2, 0.25) is 0 Å². The van der Waals surface area contributed by atoms with Crippen molar-refractivity contribution in [3.63, 3.8) is 0 Å². The van der Waals surface area contributed by atoms with Gasteiger partial charge in [0.1, 0.15) is 5.75 Å². The highest BCUT2D eigenvalue weighted by molar-refractivity contribution is 5.38. The molecule has 1 aliphatic rings. The van der Waals surface area contributed by atoms with Crippen LogP contribution in [0.1, 0.15) is 36.5 Å². The van der Waals surface area contributed by atoms with E-state index in [-0.39, 0.29) is 0 Å². The summed E-state index contributed by atoms with van der Waals surface area (Å²) < 4.78 is 5.19. The predicted octanol–water partition coefficient (Wildman–Crippen LogP) is 2.73. The van der Waals surface area contributed by atoms with Gasteiger partial charge in [0.15, 0.2) is 0 Å². The van der Waals surface area contributed by atoms with E-state index in [9.17, 15) is 10.4 Å². The number of ether oxygens (including phenoxy) is 1. The fraction of sp³-hybridized carbons (Fsp3) is 0.500. The standard InChI is InChI=1S/C14H17NO2/c1-10-8-11(4-5-12(10)17-2)13(16)14(9-15)6-3-7-14/h4-5,8,13,16H,3,6-7H2,1-2H3. The van der Waals surface area contributed by atoms with Crippen LogP contribution < -0.4 is 4.74 Å². The second kappa shape index (κ2) is 4.38. The van der Waals surface area contributed by atoms with Gasteiger partial charge in [-0.1, -0.05) is 12.5 Å². The number of hydrogen-bond donors (Lipinski definition) is 1. The first-order chi connectivity index (χ1) is 8.13. The molecule has 0 saturated heterocycles. The number of benzene rings is 1. The predicted molar refractivity (Wildman–Crippen MR) is 64.6 cm³/mol. The van der Waals surface area contributed by atoms with E-state index in [2.05, 4.69) is 6.07 Å². The molecule has 0 heterocycles. The quantitative estimate of drug-likeness (QED) is 0.870. The number of aryl methyl sites for hydroxylation is 1. The van der Waals surface area contributed by atoms with E-state index in [1.807, 2.05) is 25.1 Å². The second-order valence-electron chi connectivity index (χ2n) is 4.75. The monoisotopic (exact) mass is 231 g/mol. The van der Waals surface area contributed by atoms with Crippen LogP contribution in [0.3, 0.4) is 0 Å². The molecule has 1 aromatic carbocycles. The van der Waals surface area contributed by atoms with Crippen LogP contribution in [0.5, 0.6) is 5.75 Å². The summed E-state index contributed by atoms with van der Waals surface area (Å²) in [6.45, 7) is 1.94. The maximum atomic E-state index is 10.3. The molecule has 1 N–H and O–H groups in total. The number of aliphatic hydroxyl groups excluding tert-OH is 1. The average Bonchev–Trinajstić information content (AvgIpc) is 2.28. The van der Waals surface area contributed by atoms with Crippen LogP contribution >= 0.6 is 0 Å². The first-order valence-corrected chi connectivity index (χ1v) is 5.87. The van der Waals surface area contributed by atoms with Crippen molar-refractivity contribution in [1.82, 2.24) is 0 Å². The zero-order chi connectivity index (χ0) is 12.5. The van der Waals surface area contributed by atoms with Gasteiger partial charge in [-0.3, -0.25) is 0 Å². The van der Waals surface area contributed by atoms with Gasteiger partial charge in [-0.2, -0.15) is 5.26 Å². The lowest BCUT2D eigenvalue weighted by Crippen LogP contribution is -2.34. The summed E-state index contributed by atoms with van der Waals surface area (Å²) in [5.74, 6) is 0.806. The minimum Gasteiger partial charge on any atom is -0.496 e. The average molecular weight is 231 g/mol. The van der Waals surface area contributed by atoms with Crippen molar-refractivity contribution >= 4 is 0 Å². The summed E-state index contributed by atoms with van der Waals surface area (Å²) in [6, 6.07) is 7.87. The third-order valence-electron chi connectivity index (χ3n) is 3.73. The van der Waals surface area contributed by atoms with E-state index in [1.165, 1.54) is 0 Å². The molecule has 0 spiro atoms. The molecule has 1 aliphatic carbocycles. The number of aliphatic hydroxyl groups is 1. The highest BCUT2D eigenvalue weighted by Gasteiger charge is 2.44. The Balaban J connectivity index is 2.29. The van der Waals surface area contributed by atoms with Crippen molar-refractivity contribution < 1.29 is 9.84 Å². The summed E-state index contributed by atoms with van der Waals surface area (Å²) in [7, 11) is 1.63. The summed E-state index contributed by atoms with van der Waals surface area (Å²) in [5.41, 5.74) is 1.22. The zero-order valence-electron chi connectivity index (χ0n) is 10.2. The maximum absolute atomic E-state index is 10.3. The maximum Gasteiger partial charge on any atom is 0.121 e. The van der Waals surface area contributed by atoms with Gasteiger partial charge in [0.2, 0.25) is 0 Å². The fourth-order valence-electron chi connectivity index (χ4n) is 2.39. The molecule has 2 rings (SSSR count). The van der Waals surface area contributed by atoms with Gasteiger partial charge < -0.3 is 9.84 Å². The molecule has 3 heteroatoms. The molecule has 17 heavy (non-hydrogen) atoms. The zero-order valence-corrected chi connectivity index (χ0v) is 10.2. The highest BCUT2D eigenvalue weighted by atomic mass is 16.5. The largest absolute Gasteiger partial charge is 0.496 e. The van der Waals surface area contributed by atoms with Crippen LogP contribution in [0.25, 0.3) is 0 Å². The van der Waals surface area contributed by atoms with Gasteiger partial charge in [0, 0.05) is 0 Å². The van der Waals surface area contributed by atoms with Gasteiger partial charge in [-0.05, 0) is 43.0 Å². The fourth-order valence-corrected chi connectivity index (χ4v) is 2.39. The number of hydrogen-bond acceptors (Lipinski definition) is 3. The first kappa shape index (κ1) is 11.9. The third-order valence-corrected chi connectivity index (χ3v) is 3.73. The molecule has 3 nitrogen and oxygen atoms in total. The minimum absolute atomic E-state index is 0.568. The SMILES string of the molecule is COc1ccc(C(O)C2(C#N)CCC2)cc1C. The van der Waals surface area contributed by atoms with Crippen molar-refractivity contribution in [3.05, 3.63) is 29.3 Å². The lowest BCUT2D eigenvalue weighted by molar-refractivity contribution is 0.00789. The van der Waals surface area contributed by atoms with Crippen LogP contribution in [0.15, 0.2) is 18.2 Å². The molecule has 0 radical (unpaired) electrons. The Labute approximate surface area is 102 Å². The molecule has 0 amide bonds. The van der Waals surface area contributed by atoms with Crippen molar-refractivity contribution in [3.8, 4) is 11.8 Å². The lowest BCUT2D eigenvalue weighted by Gasteiger charge is -2.39. The molecular weight excluding hydrogens is 214 g/mol. The first-order valence-electron chi connectivity index (χ1n) is 5.87. The number of nitrogens with zero attached hydrogens (tertiary/aromatic N) is 1. The Morgan fingerprint density at radius 1 is 1.47 bits per heavy atom. The number of rotatable bonds is 3. The van der Waals surface area contributed by atoms with Crippen LogP contribution in [0.4, 0.5) is 0 Å². The van der Waals surface area contributed by atoms with Crippen molar-refractivity contribution in [2.24, 2.45) is 5.41 Å². The van der Waals surface area contributed by atoms with E-state index in [0.29, 0.717) is 0 Å². The van der Waals surface area contributed by atoms with Gasteiger partial charge >= 0.3 is 0 Å². The normalized spacial score (nSPS) is 18.9. The molecular formula is C14H17NO2.